The van der Waals surface area contributed by atoms with Crippen LogP contribution in [0.5, 0.6) is 0 Å². The van der Waals surface area contributed by atoms with Crippen molar-refractivity contribution < 1.29 is 4.79 Å². The number of carbonyl (C=O) groups excluding carboxylic acids is 1. The highest BCUT2D eigenvalue weighted by atomic mass is 79.9. The molecule has 6 heteroatoms. The van der Waals surface area contributed by atoms with E-state index < -0.39 is 0 Å². The fourth-order valence-corrected chi connectivity index (χ4v) is 4.34. The Labute approximate surface area is 173 Å². The van der Waals surface area contributed by atoms with Crippen LogP contribution in [0.25, 0.3) is 16.7 Å². The lowest BCUT2D eigenvalue weighted by Crippen LogP contribution is -2.40. The molecule has 1 saturated heterocycles. The third-order valence-corrected chi connectivity index (χ3v) is 5.86. The molecule has 28 heavy (non-hydrogen) atoms. The SMILES string of the molecule is CCNC(=O)C1CCN(Cc2nc3ccccc3n2-c2cccc(Br)c2)CC1. The van der Waals surface area contributed by atoms with Gasteiger partial charge in [0, 0.05) is 22.6 Å². The van der Waals surface area contributed by atoms with E-state index in [1.807, 2.05) is 19.1 Å². The summed E-state index contributed by atoms with van der Waals surface area (Å²) in [4.78, 5) is 19.4. The maximum absolute atomic E-state index is 12.1. The topological polar surface area (TPSA) is 50.2 Å². The first-order valence-electron chi connectivity index (χ1n) is 9.88. The molecule has 1 aromatic heterocycles. The van der Waals surface area contributed by atoms with Crippen molar-refractivity contribution in [1.82, 2.24) is 19.8 Å². The Morgan fingerprint density at radius 3 is 2.71 bits per heavy atom. The van der Waals surface area contributed by atoms with Gasteiger partial charge in [-0.2, -0.15) is 0 Å². The van der Waals surface area contributed by atoms with E-state index >= 15 is 0 Å². The van der Waals surface area contributed by atoms with Gasteiger partial charge in [-0.3, -0.25) is 14.3 Å². The molecule has 1 N–H and O–H groups in total. The molecular formula is C22H25BrN4O. The van der Waals surface area contributed by atoms with E-state index in [2.05, 4.69) is 67.1 Å². The maximum atomic E-state index is 12.1. The van der Waals surface area contributed by atoms with Gasteiger partial charge < -0.3 is 5.32 Å². The number of halogens is 1. The number of amides is 1. The Kier molecular flexibility index (Phi) is 5.78. The summed E-state index contributed by atoms with van der Waals surface area (Å²) < 4.78 is 3.30. The predicted molar refractivity (Wildman–Crippen MR) is 115 cm³/mol. The van der Waals surface area contributed by atoms with Crippen molar-refractivity contribution in [3.8, 4) is 5.69 Å². The van der Waals surface area contributed by atoms with Gasteiger partial charge in [0.1, 0.15) is 5.82 Å². The second-order valence-electron chi connectivity index (χ2n) is 7.28. The molecule has 1 amide bonds. The molecule has 0 atom stereocenters. The summed E-state index contributed by atoms with van der Waals surface area (Å²) in [5.74, 6) is 1.37. The molecule has 146 valence electrons. The number of para-hydroxylation sites is 2. The van der Waals surface area contributed by atoms with Crippen molar-refractivity contribution in [3.63, 3.8) is 0 Å². The molecule has 1 aliphatic rings. The highest BCUT2D eigenvalue weighted by Gasteiger charge is 2.25. The zero-order valence-electron chi connectivity index (χ0n) is 16.1. The van der Waals surface area contributed by atoms with Gasteiger partial charge in [0.15, 0.2) is 0 Å². The van der Waals surface area contributed by atoms with Gasteiger partial charge in [0.25, 0.3) is 0 Å². The standard InChI is InChI=1S/C22H25BrN4O/c1-2-24-22(28)16-10-12-26(13-11-16)15-21-25-19-8-3-4-9-20(19)27(21)18-7-5-6-17(23)14-18/h3-9,14,16H,2,10-13,15H2,1H3,(H,24,28). The van der Waals surface area contributed by atoms with Crippen LogP contribution in [0.2, 0.25) is 0 Å². The van der Waals surface area contributed by atoms with Crippen LogP contribution in [-0.4, -0.2) is 40.0 Å². The van der Waals surface area contributed by atoms with Gasteiger partial charge >= 0.3 is 0 Å². The van der Waals surface area contributed by atoms with E-state index in [9.17, 15) is 4.79 Å². The van der Waals surface area contributed by atoms with Crippen LogP contribution in [0.15, 0.2) is 53.0 Å². The zero-order chi connectivity index (χ0) is 19.5. The predicted octanol–water partition coefficient (Wildman–Crippen LogP) is 4.14. The lowest BCUT2D eigenvalue weighted by Gasteiger charge is -2.31. The van der Waals surface area contributed by atoms with Crippen LogP contribution in [-0.2, 0) is 11.3 Å². The number of fused-ring (bicyclic) bond motifs is 1. The minimum absolute atomic E-state index is 0.139. The monoisotopic (exact) mass is 440 g/mol. The van der Waals surface area contributed by atoms with Gasteiger partial charge in [-0.1, -0.05) is 34.1 Å². The molecule has 0 aliphatic carbocycles. The summed E-state index contributed by atoms with van der Waals surface area (Å²) >= 11 is 3.59. The number of nitrogens with one attached hydrogen (secondary N) is 1. The average molecular weight is 441 g/mol. The van der Waals surface area contributed by atoms with E-state index in [-0.39, 0.29) is 11.8 Å². The van der Waals surface area contributed by atoms with Crippen LogP contribution in [0.1, 0.15) is 25.6 Å². The number of carbonyl (C=O) groups is 1. The Hall–Kier alpha value is -2.18. The molecule has 5 nitrogen and oxygen atoms in total. The number of piperidine rings is 1. The lowest BCUT2D eigenvalue weighted by atomic mass is 9.96. The van der Waals surface area contributed by atoms with Gasteiger partial charge in [-0.15, -0.1) is 0 Å². The maximum Gasteiger partial charge on any atom is 0.223 e. The molecule has 1 aliphatic heterocycles. The number of nitrogens with zero attached hydrogens (tertiary/aromatic N) is 3. The number of hydrogen-bond acceptors (Lipinski definition) is 3. The summed E-state index contributed by atoms with van der Waals surface area (Å²) in [6.45, 7) is 5.30. The molecule has 0 saturated carbocycles. The molecule has 2 aromatic carbocycles. The Bertz CT molecular complexity index is 976. The van der Waals surface area contributed by atoms with Crippen LogP contribution in [0.4, 0.5) is 0 Å². The molecule has 2 heterocycles. The van der Waals surface area contributed by atoms with Crippen molar-refractivity contribution in [1.29, 1.82) is 0 Å². The summed E-state index contributed by atoms with van der Waals surface area (Å²) in [6, 6.07) is 16.6. The molecular weight excluding hydrogens is 416 g/mol. The minimum atomic E-state index is 0.139. The highest BCUT2D eigenvalue weighted by Crippen LogP contribution is 2.26. The fraction of sp³-hybridized carbons (Fsp3) is 0.364. The van der Waals surface area contributed by atoms with Crippen LogP contribution >= 0.6 is 15.9 Å². The largest absolute Gasteiger partial charge is 0.356 e. The summed E-state index contributed by atoms with van der Waals surface area (Å²) in [5.41, 5.74) is 3.23. The summed E-state index contributed by atoms with van der Waals surface area (Å²) in [6.07, 6.45) is 1.81. The van der Waals surface area contributed by atoms with Crippen molar-refractivity contribution >= 4 is 32.9 Å². The third-order valence-electron chi connectivity index (χ3n) is 5.37. The second-order valence-corrected chi connectivity index (χ2v) is 8.19. The number of hydrogen-bond donors (Lipinski definition) is 1. The zero-order valence-corrected chi connectivity index (χ0v) is 17.7. The quantitative estimate of drug-likeness (QED) is 0.648. The van der Waals surface area contributed by atoms with Gasteiger partial charge in [0.2, 0.25) is 5.91 Å². The highest BCUT2D eigenvalue weighted by molar-refractivity contribution is 9.10. The first kappa shape index (κ1) is 19.2. The van der Waals surface area contributed by atoms with Crippen molar-refractivity contribution in [3.05, 3.63) is 58.8 Å². The van der Waals surface area contributed by atoms with Crippen LogP contribution in [0.3, 0.4) is 0 Å². The Morgan fingerprint density at radius 2 is 1.96 bits per heavy atom. The van der Waals surface area contributed by atoms with E-state index in [4.69, 9.17) is 4.98 Å². The van der Waals surface area contributed by atoms with Gasteiger partial charge in [-0.05, 0) is 63.2 Å². The van der Waals surface area contributed by atoms with E-state index in [0.717, 1.165) is 59.5 Å². The van der Waals surface area contributed by atoms with Crippen LogP contribution < -0.4 is 5.32 Å². The number of aromatic nitrogens is 2. The number of imidazole rings is 1. The molecule has 0 unspecified atom stereocenters. The fourth-order valence-electron chi connectivity index (χ4n) is 3.96. The van der Waals surface area contributed by atoms with E-state index in [1.165, 1.54) is 0 Å². The van der Waals surface area contributed by atoms with Gasteiger partial charge in [0.05, 0.1) is 17.6 Å². The van der Waals surface area contributed by atoms with Crippen molar-refractivity contribution in [2.24, 2.45) is 5.92 Å². The van der Waals surface area contributed by atoms with Crippen molar-refractivity contribution in [2.75, 3.05) is 19.6 Å². The van der Waals surface area contributed by atoms with Crippen molar-refractivity contribution in [2.45, 2.75) is 26.3 Å². The second kappa shape index (κ2) is 8.45. The Morgan fingerprint density at radius 1 is 1.18 bits per heavy atom. The first-order valence-corrected chi connectivity index (χ1v) is 10.7. The molecule has 1 fully saturated rings. The number of rotatable bonds is 5. The molecule has 4 rings (SSSR count). The minimum Gasteiger partial charge on any atom is -0.356 e. The molecule has 0 bridgehead atoms. The van der Waals surface area contributed by atoms with E-state index in [1.54, 1.807) is 0 Å². The van der Waals surface area contributed by atoms with Gasteiger partial charge in [-0.25, -0.2) is 4.98 Å². The molecule has 0 spiro atoms. The lowest BCUT2D eigenvalue weighted by molar-refractivity contribution is -0.126. The first-order chi connectivity index (χ1) is 13.7. The smallest absolute Gasteiger partial charge is 0.223 e. The number of likely N-dealkylation sites (tertiary alicyclic amines) is 1. The normalized spacial score (nSPS) is 15.8. The summed E-state index contributed by atoms with van der Waals surface area (Å²) in [7, 11) is 0. The molecule has 0 radical (unpaired) electrons. The third kappa shape index (κ3) is 3.98. The van der Waals surface area contributed by atoms with Crippen LogP contribution in [0, 0.1) is 5.92 Å². The Balaban J connectivity index is 1.58. The summed E-state index contributed by atoms with van der Waals surface area (Å²) in [5, 5.41) is 2.96. The van der Waals surface area contributed by atoms with E-state index in [0.29, 0.717) is 6.54 Å². The average Bonchev–Trinajstić information content (AvgIpc) is 3.06. The molecule has 3 aromatic rings. The number of benzene rings is 2.